The second-order valence-electron chi connectivity index (χ2n) is 4.88. The molecule has 102 valence electrons. The highest BCUT2D eigenvalue weighted by Crippen LogP contribution is 2.27. The van der Waals surface area contributed by atoms with Crippen LogP contribution in [0.1, 0.15) is 30.7 Å². The Morgan fingerprint density at radius 1 is 1.20 bits per heavy atom. The Balaban J connectivity index is 1.99. The van der Waals surface area contributed by atoms with E-state index in [0.29, 0.717) is 11.7 Å². The first-order chi connectivity index (χ1) is 9.63. The summed E-state index contributed by atoms with van der Waals surface area (Å²) in [6.45, 7) is 4.67. The zero-order valence-corrected chi connectivity index (χ0v) is 12.1. The molecule has 3 rings (SSSR count). The summed E-state index contributed by atoms with van der Waals surface area (Å²) in [7, 11) is 0. The molecule has 0 saturated heterocycles. The van der Waals surface area contributed by atoms with Gasteiger partial charge in [-0.05, 0) is 31.5 Å². The summed E-state index contributed by atoms with van der Waals surface area (Å²) in [5.41, 5.74) is 3.81. The molecule has 0 aliphatic carbocycles. The molecule has 20 heavy (non-hydrogen) atoms. The van der Waals surface area contributed by atoms with Gasteiger partial charge in [-0.15, -0.1) is 0 Å². The first-order valence-electron chi connectivity index (χ1n) is 6.46. The van der Waals surface area contributed by atoms with Crippen molar-refractivity contribution in [2.45, 2.75) is 26.5 Å². The van der Waals surface area contributed by atoms with Gasteiger partial charge >= 0.3 is 0 Å². The van der Waals surface area contributed by atoms with Gasteiger partial charge < -0.3 is 4.74 Å². The summed E-state index contributed by atoms with van der Waals surface area (Å²) < 4.78 is 5.73. The lowest BCUT2D eigenvalue weighted by molar-refractivity contribution is 0.242. The number of benzene rings is 1. The Morgan fingerprint density at radius 2 is 2.05 bits per heavy atom. The molecule has 0 bridgehead atoms. The number of nitrogens with zero attached hydrogens (tertiary/aromatic N) is 3. The van der Waals surface area contributed by atoms with E-state index < -0.39 is 0 Å². The Kier molecular flexibility index (Phi) is 3.40. The molecule has 2 aromatic rings. The Bertz CT molecular complexity index is 683. The van der Waals surface area contributed by atoms with E-state index in [1.807, 2.05) is 32.0 Å². The maximum Gasteiger partial charge on any atom is 0.133 e. The van der Waals surface area contributed by atoms with Crippen molar-refractivity contribution in [3.63, 3.8) is 0 Å². The molecule has 0 saturated carbocycles. The van der Waals surface area contributed by atoms with Crippen molar-refractivity contribution in [3.8, 4) is 5.75 Å². The summed E-state index contributed by atoms with van der Waals surface area (Å²) >= 11 is 5.92. The van der Waals surface area contributed by atoms with E-state index in [-0.39, 0.29) is 6.10 Å². The lowest BCUT2D eigenvalue weighted by atomic mass is 10.0. The van der Waals surface area contributed by atoms with E-state index in [1.165, 1.54) is 11.9 Å². The number of fused-ring (bicyclic) bond motifs is 1. The predicted molar refractivity (Wildman–Crippen MR) is 78.6 cm³/mol. The minimum Gasteiger partial charge on any atom is -0.491 e. The number of ether oxygens (including phenoxy) is 1. The van der Waals surface area contributed by atoms with Gasteiger partial charge in [-0.2, -0.15) is 0 Å². The van der Waals surface area contributed by atoms with Gasteiger partial charge in [-0.25, -0.2) is 9.97 Å². The molecule has 1 aromatic carbocycles. The quantitative estimate of drug-likeness (QED) is 0.814. The second-order valence-corrected chi connectivity index (χ2v) is 5.26. The van der Waals surface area contributed by atoms with Crippen molar-refractivity contribution in [3.05, 3.63) is 52.6 Å². The van der Waals surface area contributed by atoms with Gasteiger partial charge in [0.2, 0.25) is 0 Å². The largest absolute Gasteiger partial charge is 0.491 e. The van der Waals surface area contributed by atoms with Crippen molar-refractivity contribution < 1.29 is 4.74 Å². The van der Waals surface area contributed by atoms with E-state index >= 15 is 0 Å². The van der Waals surface area contributed by atoms with Crippen LogP contribution in [-0.4, -0.2) is 21.8 Å². The minimum absolute atomic E-state index is 0.142. The number of rotatable bonds is 3. The fraction of sp³-hybridized carbons (Fsp3) is 0.267. The van der Waals surface area contributed by atoms with Crippen LogP contribution in [0.4, 0.5) is 0 Å². The highest BCUT2D eigenvalue weighted by molar-refractivity contribution is 6.30. The van der Waals surface area contributed by atoms with Crippen LogP contribution in [0.5, 0.6) is 5.75 Å². The Labute approximate surface area is 122 Å². The summed E-state index contributed by atoms with van der Waals surface area (Å²) in [5.74, 6) is 0.841. The van der Waals surface area contributed by atoms with Gasteiger partial charge in [0.15, 0.2) is 0 Å². The molecule has 4 nitrogen and oxygen atoms in total. The monoisotopic (exact) mass is 287 g/mol. The van der Waals surface area contributed by atoms with Crippen molar-refractivity contribution in [2.75, 3.05) is 0 Å². The van der Waals surface area contributed by atoms with Crippen LogP contribution in [0.2, 0.25) is 5.15 Å². The molecular formula is C15H14ClN3O. The summed E-state index contributed by atoms with van der Waals surface area (Å²) in [4.78, 5) is 12.7. The molecule has 1 aliphatic heterocycles. The van der Waals surface area contributed by atoms with Gasteiger partial charge in [-0.3, -0.25) is 4.99 Å². The third-order valence-electron chi connectivity index (χ3n) is 2.99. The van der Waals surface area contributed by atoms with Gasteiger partial charge in [0, 0.05) is 11.6 Å². The van der Waals surface area contributed by atoms with Crippen LogP contribution >= 0.6 is 11.6 Å². The second kappa shape index (κ2) is 5.21. The van der Waals surface area contributed by atoms with Crippen molar-refractivity contribution in [1.82, 2.24) is 9.97 Å². The van der Waals surface area contributed by atoms with Crippen LogP contribution < -0.4 is 4.74 Å². The van der Waals surface area contributed by atoms with Crippen LogP contribution in [0.3, 0.4) is 0 Å². The maximum absolute atomic E-state index is 5.92. The molecule has 0 atom stereocenters. The van der Waals surface area contributed by atoms with Gasteiger partial charge in [0.1, 0.15) is 17.2 Å². The van der Waals surface area contributed by atoms with E-state index in [0.717, 1.165) is 22.7 Å². The number of halogens is 1. The summed E-state index contributed by atoms with van der Waals surface area (Å²) in [6, 6.07) is 7.76. The van der Waals surface area contributed by atoms with Crippen molar-refractivity contribution in [2.24, 2.45) is 4.99 Å². The molecule has 0 radical (unpaired) electrons. The van der Waals surface area contributed by atoms with E-state index in [2.05, 4.69) is 15.0 Å². The van der Waals surface area contributed by atoms with Crippen LogP contribution in [-0.2, 0) is 6.54 Å². The van der Waals surface area contributed by atoms with Crippen molar-refractivity contribution in [1.29, 1.82) is 0 Å². The van der Waals surface area contributed by atoms with Crippen LogP contribution in [0.25, 0.3) is 0 Å². The molecule has 5 heteroatoms. The number of aromatic nitrogens is 2. The molecular weight excluding hydrogens is 274 g/mol. The smallest absolute Gasteiger partial charge is 0.133 e. The summed E-state index contributed by atoms with van der Waals surface area (Å²) in [5, 5.41) is 0.417. The summed E-state index contributed by atoms with van der Waals surface area (Å²) in [6.07, 6.45) is 1.59. The fourth-order valence-corrected chi connectivity index (χ4v) is 2.34. The topological polar surface area (TPSA) is 47.4 Å². The molecule has 2 heterocycles. The molecule has 0 fully saturated rings. The van der Waals surface area contributed by atoms with Gasteiger partial charge in [-0.1, -0.05) is 17.7 Å². The zero-order chi connectivity index (χ0) is 14.1. The first kappa shape index (κ1) is 13.1. The van der Waals surface area contributed by atoms with E-state index in [1.54, 1.807) is 6.07 Å². The highest BCUT2D eigenvalue weighted by atomic mass is 35.5. The number of hydrogen-bond acceptors (Lipinski definition) is 4. The third kappa shape index (κ3) is 2.51. The number of aliphatic imine (C=N–C) groups is 1. The predicted octanol–water partition coefficient (Wildman–Crippen LogP) is 3.27. The number of hydrogen-bond donors (Lipinski definition) is 0. The molecule has 1 aliphatic rings. The normalized spacial score (nSPS) is 13.3. The minimum atomic E-state index is 0.142. The molecule has 0 unspecified atom stereocenters. The fourth-order valence-electron chi connectivity index (χ4n) is 2.19. The molecule has 0 amide bonds. The Morgan fingerprint density at radius 3 is 2.80 bits per heavy atom. The first-order valence-corrected chi connectivity index (χ1v) is 6.83. The SMILES string of the molecule is CC(C)Oc1ccc2c(c1)C(c1cc(Cl)ncn1)=NC2. The van der Waals surface area contributed by atoms with Crippen molar-refractivity contribution >= 4 is 17.3 Å². The van der Waals surface area contributed by atoms with E-state index in [9.17, 15) is 0 Å². The highest BCUT2D eigenvalue weighted by Gasteiger charge is 2.19. The average molecular weight is 288 g/mol. The Hall–Kier alpha value is -1.94. The van der Waals surface area contributed by atoms with Crippen LogP contribution in [0, 0.1) is 0 Å². The lowest BCUT2D eigenvalue weighted by Crippen LogP contribution is -2.08. The standard InChI is InChI=1S/C15H14ClN3O/c1-9(2)20-11-4-3-10-7-17-15(12(10)5-11)13-6-14(16)19-8-18-13/h3-6,8-9H,7H2,1-2H3. The molecule has 0 spiro atoms. The molecule has 1 aromatic heterocycles. The van der Waals surface area contributed by atoms with Gasteiger partial charge in [0.05, 0.1) is 24.1 Å². The van der Waals surface area contributed by atoms with E-state index in [4.69, 9.17) is 16.3 Å². The average Bonchev–Trinajstić information content (AvgIpc) is 2.81. The van der Waals surface area contributed by atoms with Gasteiger partial charge in [0.25, 0.3) is 0 Å². The lowest BCUT2D eigenvalue weighted by Gasteiger charge is -2.11. The van der Waals surface area contributed by atoms with Crippen LogP contribution in [0.15, 0.2) is 35.6 Å². The third-order valence-corrected chi connectivity index (χ3v) is 3.20. The zero-order valence-electron chi connectivity index (χ0n) is 11.3. The molecule has 0 N–H and O–H groups in total. The maximum atomic E-state index is 5.92.